The molecule has 4 atom stereocenters. The van der Waals surface area contributed by atoms with Crippen LogP contribution in [0.1, 0.15) is 369 Å². The number of aliphatic hydroxyl groups is 1. The largest absolute Gasteiger partial charge is 0.447 e. The standard InChI is InChI=1S/C28H43NO3.204H2/c1-9-29(10-2)18-12-14-23(6)32-26(30)28(31,24-17-16-20(3)21(4)19-24)25-15-11-13-22(5)27(25,7)8;;;;;;;;;;;;;;;;;;;;;;;;;;;;;;;;;;;;;;;;;;;;;;;;;;;;;;;;;;;;;;;;;;;;;;;;;;;;;;;;;;;;;;;;;;;;;;;;;;;;;;;;;;;;;;;;;;;;;;;;;;;;;;;;;;;;;;;;;;;;;;;;;;;;;;;;;;;;;;;;;;;;;;;;;;;;;;;;;;;;;;;;;;;;;;;;;;;;;;;;;;;;/h16-17,19,22-23,25,31H,9-11,13,15,18H2,1-8H3;204*1H. The molecule has 0 spiro atoms. The molecule has 1 aromatic carbocycles. The predicted octanol–water partition coefficient (Wildman–Crippen LogP) is 55.4. The van der Waals surface area contributed by atoms with Crippen LogP contribution in [-0.4, -0.2) is 41.7 Å². The number of aryl methyl sites for hydroxylation is 2. The minimum atomic E-state index is -1.70. The Balaban J connectivity index is -0.000000000266. The fourth-order valence-electron chi connectivity index (χ4n) is 4.93. The molecular formula is C28H451NO3. The van der Waals surface area contributed by atoms with E-state index in [9.17, 15) is 9.90 Å². The first-order chi connectivity index (χ1) is 15.0. The third kappa shape index (κ3) is 5.56. The second-order valence-electron chi connectivity index (χ2n) is 10.1. The summed E-state index contributed by atoms with van der Waals surface area (Å²) in [6, 6.07) is 5.81. The number of esters is 1. The smallest absolute Gasteiger partial charge is 0.344 e. The molecule has 0 radical (unpaired) electrons. The van der Waals surface area contributed by atoms with Crippen LogP contribution in [0.3, 0.4) is 0 Å². The van der Waals surface area contributed by atoms with E-state index in [1.807, 2.05) is 32.0 Å². The van der Waals surface area contributed by atoms with Gasteiger partial charge in [0.1, 0.15) is 0 Å². The molecule has 32 heavy (non-hydrogen) atoms. The van der Waals surface area contributed by atoms with Gasteiger partial charge in [-0.3, -0.25) is 4.90 Å². The minimum absolute atomic E-state index is 0. The van der Waals surface area contributed by atoms with Gasteiger partial charge in [0.15, 0.2) is 11.7 Å². The fourth-order valence-corrected chi connectivity index (χ4v) is 4.93. The summed E-state index contributed by atoms with van der Waals surface area (Å²) in [6.45, 7) is 19.1. The average Bonchev–Trinajstić information content (AvgIpc) is 2.74. The summed E-state index contributed by atoms with van der Waals surface area (Å²) < 4.78 is 5.79. The van der Waals surface area contributed by atoms with Crippen molar-refractivity contribution in [2.75, 3.05) is 19.6 Å². The van der Waals surface area contributed by atoms with Gasteiger partial charge < -0.3 is 9.84 Å². The van der Waals surface area contributed by atoms with Crippen LogP contribution >= 0.6 is 0 Å². The van der Waals surface area contributed by atoms with Gasteiger partial charge in [0.25, 0.3) is 0 Å². The summed E-state index contributed by atoms with van der Waals surface area (Å²) >= 11 is 0. The second-order valence-corrected chi connectivity index (χ2v) is 10.1. The Morgan fingerprint density at radius 1 is 1.28 bits per heavy atom. The normalized spacial score (nSPS) is 23.1. The Morgan fingerprint density at radius 3 is 2.53 bits per heavy atom. The van der Waals surface area contributed by atoms with Crippen LogP contribution in [-0.2, 0) is 15.1 Å². The number of hydrogen-bond acceptors (Lipinski definition) is 4. The van der Waals surface area contributed by atoms with Gasteiger partial charge in [-0.15, -0.1) is 0 Å². The lowest BCUT2D eigenvalue weighted by molar-refractivity contribution is -0.188. The maximum atomic E-state index is 13.6. The highest BCUT2D eigenvalue weighted by Gasteiger charge is 2.55. The molecular weight excluding hydrogens is 398 g/mol. The summed E-state index contributed by atoms with van der Waals surface area (Å²) in [5, 5.41) is 12.2. The molecule has 1 aliphatic rings. The molecule has 0 amide bonds. The van der Waals surface area contributed by atoms with Gasteiger partial charge in [-0.1, -0.05) is 77.5 Å². The lowest BCUT2D eigenvalue weighted by atomic mass is 9.56. The highest BCUT2D eigenvalue weighted by atomic mass is 16.6. The monoisotopic (exact) mass is 853 g/mol. The van der Waals surface area contributed by atoms with Crippen LogP contribution < -0.4 is 0 Å². The zero-order valence-electron chi connectivity index (χ0n) is 21.4. The van der Waals surface area contributed by atoms with Crippen molar-refractivity contribution in [3.63, 3.8) is 0 Å². The SMILES string of the molecule is CCN(CC)CC#CC(C)OC(=O)C(O)(c1ccc(C)c(C)c1)C1CCCC(C)C1(C)C.[HH].[HH].[HH].[HH].[HH].[HH].[HH].[HH].[HH].[HH].[HH].[HH].[HH].[HH].[HH].[HH].[HH].[HH].[HH].[HH].[HH].[HH].[HH].[HH].[HH].[HH].[HH].[HH].[HH].[HH].[HH].[HH].[HH].[HH].[HH].[HH].[HH].[HH].[HH].[HH].[HH].[HH].[HH].[HH].[HH].[HH].[HH].[HH].[HH].[HH].[HH].[HH].[HH].[HH].[HH].[HH].[HH].[HH].[HH].[HH].[HH].[HH].[HH].[HH].[HH].[HH].[HH].[HH].[HH].[HH].[HH].[HH].[HH].[HH].[HH].[HH].[HH].[HH].[HH].[HH].[HH].[HH].[HH].[HH].[HH].[HH].[HH].[HH].[HH].[HH].[HH].[HH].[HH].[HH].[HH].[HH].[HH].[HH].[HH].[HH].[HH].[HH].[HH].[HH].[HH].[HH].[HH].[HH].[HH].[HH].[HH].[HH].[HH].[HH].[HH].[HH].[HH].[HH].[HH].[HH].[HH].[HH].[HH].[HH].[HH].[HH].[HH].[HH].[HH].[HH].[HH].[HH].[HH].[HH].[HH].[HH].[HH].[HH].[HH].[HH].[HH].[HH].[HH].[HH].[HH].[HH].[HH].[HH].[HH].[HH].[HH].[HH].[HH].[HH].[HH].[HH].[HH].[HH].[HH].[HH].[HH].[HH].[HH].[HH].[HH].[HH].[HH].[HH].[HH].[HH].[HH].[HH].[HH].[HH].[HH].[HH].[HH].[HH].[HH].[HH].[HH].[HH].[HH].[HH].[HH].[HH].[HH].[HH].[HH].[HH].[HH].[HH].[HH].[HH].[HH].[HH].[HH].[HH].[HH].[HH].[HH].[HH].[HH].[HH]. The van der Waals surface area contributed by atoms with Gasteiger partial charge in [0.2, 0.25) is 0 Å². The summed E-state index contributed by atoms with van der Waals surface area (Å²) in [6.07, 6.45) is 2.31. The van der Waals surface area contributed by atoms with E-state index >= 15 is 0 Å². The first-order valence-electron chi connectivity index (χ1n) is 12.2. The van der Waals surface area contributed by atoms with E-state index < -0.39 is 17.7 Å². The van der Waals surface area contributed by atoms with Gasteiger partial charge in [0.05, 0.1) is 6.54 Å². The molecule has 4 nitrogen and oxygen atoms in total. The van der Waals surface area contributed by atoms with E-state index in [-0.39, 0.29) is 302 Å². The number of rotatable bonds is 7. The summed E-state index contributed by atoms with van der Waals surface area (Å²) in [4.78, 5) is 15.8. The molecule has 0 saturated heterocycles. The quantitative estimate of drug-likeness (QED) is 0.219. The average molecular weight is 853 g/mol. The van der Waals surface area contributed by atoms with E-state index in [0.29, 0.717) is 18.0 Å². The number of carbonyl (C=O) groups excluding carboxylic acids is 1. The highest BCUT2D eigenvalue weighted by molar-refractivity contribution is 5.82. The van der Waals surface area contributed by atoms with Crippen molar-refractivity contribution in [3.05, 3.63) is 34.9 Å². The summed E-state index contributed by atoms with van der Waals surface area (Å²) in [7, 11) is 0. The van der Waals surface area contributed by atoms with Gasteiger partial charge in [-0.2, -0.15) is 0 Å². The molecule has 1 saturated carbocycles. The van der Waals surface area contributed by atoms with Crippen molar-refractivity contribution in [3.8, 4) is 11.8 Å². The molecule has 0 heterocycles. The third-order valence-electron chi connectivity index (χ3n) is 7.85. The fraction of sp³-hybridized carbons (Fsp3) is 0.679. The van der Waals surface area contributed by atoms with Gasteiger partial charge in [0, 0.05) is 297 Å². The molecule has 4 unspecified atom stereocenters. The lowest BCUT2D eigenvalue weighted by Gasteiger charge is -2.50. The molecule has 1 N–H and O–H groups in total. The zero-order chi connectivity index (χ0) is 24.1. The maximum absolute atomic E-state index is 13.6. The second kappa shape index (κ2) is 10.9. The van der Waals surface area contributed by atoms with E-state index in [1.54, 1.807) is 6.92 Å². The predicted molar refractivity (Wildman–Crippen MR) is 562 cm³/mol. The van der Waals surface area contributed by atoms with E-state index in [2.05, 4.69) is 51.4 Å². The molecule has 1 aromatic rings. The van der Waals surface area contributed by atoms with E-state index in [4.69, 9.17) is 4.74 Å². The van der Waals surface area contributed by atoms with Crippen molar-refractivity contribution in [1.29, 1.82) is 0 Å². The molecule has 0 bridgehead atoms. The van der Waals surface area contributed by atoms with Crippen molar-refractivity contribution in [1.82, 2.24) is 4.90 Å². The van der Waals surface area contributed by atoms with Crippen molar-refractivity contribution in [2.24, 2.45) is 17.3 Å². The number of nitrogens with zero attached hydrogens (tertiary/aromatic N) is 1. The molecule has 4 heteroatoms. The van der Waals surface area contributed by atoms with Crippen LogP contribution in [0.5, 0.6) is 0 Å². The third-order valence-corrected chi connectivity index (χ3v) is 7.85. The molecule has 0 aliphatic heterocycles. The van der Waals surface area contributed by atoms with Crippen LogP contribution in [0.15, 0.2) is 18.2 Å². The van der Waals surface area contributed by atoms with Gasteiger partial charge in [-0.05, 0) is 68.3 Å². The Kier molecular flexibility index (Phi) is 8.97. The van der Waals surface area contributed by atoms with Crippen molar-refractivity contribution in [2.45, 2.75) is 86.4 Å². The first-order valence-corrected chi connectivity index (χ1v) is 12.2. The number of ether oxygens (including phenoxy) is 1. The molecule has 0 aromatic heterocycles. The number of hydrogen-bond donors (Lipinski definition) is 1. The van der Waals surface area contributed by atoms with Gasteiger partial charge >= 0.3 is 5.97 Å². The Hall–Kier alpha value is -1.83. The number of carbonyl (C=O) groups is 1. The molecule has 586 valence electrons. The Bertz CT molecular complexity index is 981. The highest BCUT2D eigenvalue weighted by Crippen LogP contribution is 2.53. The van der Waals surface area contributed by atoms with Crippen LogP contribution in [0.2, 0.25) is 0 Å². The van der Waals surface area contributed by atoms with Crippen molar-refractivity contribution < 1.29 is 306 Å². The first kappa shape index (κ1) is 26.4. The van der Waals surface area contributed by atoms with E-state index in [1.165, 1.54) is 0 Å². The van der Waals surface area contributed by atoms with Crippen LogP contribution in [0, 0.1) is 42.9 Å². The molecule has 1 aliphatic carbocycles. The van der Waals surface area contributed by atoms with Crippen LogP contribution in [0.25, 0.3) is 0 Å². The topological polar surface area (TPSA) is 49.8 Å². The van der Waals surface area contributed by atoms with E-state index in [0.717, 1.165) is 43.5 Å². The van der Waals surface area contributed by atoms with Gasteiger partial charge in [-0.25, -0.2) is 4.79 Å². The number of benzene rings is 1. The zero-order valence-corrected chi connectivity index (χ0v) is 21.4. The molecule has 2 rings (SSSR count). The summed E-state index contributed by atoms with van der Waals surface area (Å²) in [5.74, 6) is 5.75. The molecule has 1 fully saturated rings. The minimum Gasteiger partial charge on any atom is -0.447 e. The maximum Gasteiger partial charge on any atom is 0.344 e. The lowest BCUT2D eigenvalue weighted by Crippen LogP contribution is -2.53. The Morgan fingerprint density at radius 2 is 1.94 bits per heavy atom. The van der Waals surface area contributed by atoms with Crippen molar-refractivity contribution >= 4 is 5.97 Å². The summed E-state index contributed by atoms with van der Waals surface area (Å²) in [5.41, 5.74) is 0.911. The Labute approximate surface area is 498 Å². The van der Waals surface area contributed by atoms with Crippen LogP contribution in [0.4, 0.5) is 0 Å².